The first-order chi connectivity index (χ1) is 15.5. The zero-order valence-corrected chi connectivity index (χ0v) is 17.8. The monoisotopic (exact) mass is 444 g/mol. The predicted molar refractivity (Wildman–Crippen MR) is 116 cm³/mol. The van der Waals surface area contributed by atoms with Crippen LogP contribution in [0.1, 0.15) is 17.5 Å². The molecule has 1 heterocycles. The SMILES string of the molecule is C#CCOCC(O)CN(Cc1ccc(F)cc1F)CC1CC(c2ccc(OC)cc2)=NO1. The van der Waals surface area contributed by atoms with E-state index in [0.29, 0.717) is 18.5 Å². The zero-order chi connectivity index (χ0) is 22.9. The molecule has 2 aromatic rings. The quantitative estimate of drug-likeness (QED) is 0.427. The number of benzene rings is 2. The van der Waals surface area contributed by atoms with Crippen molar-refractivity contribution in [1.29, 1.82) is 0 Å². The van der Waals surface area contributed by atoms with Crippen molar-refractivity contribution < 1.29 is 28.2 Å². The standard InChI is InChI=1S/C24H26F2N2O4/c1-3-10-31-16-20(29)14-28(13-18-4-7-19(25)11-23(18)26)15-22-12-24(27-32-22)17-5-8-21(30-2)9-6-17/h1,4-9,11,20,22,29H,10,12-16H2,2H3. The summed E-state index contributed by atoms with van der Waals surface area (Å²) < 4.78 is 37.9. The molecule has 0 aromatic heterocycles. The van der Waals surface area contributed by atoms with Gasteiger partial charge in [0.15, 0.2) is 0 Å². The first-order valence-corrected chi connectivity index (χ1v) is 10.2. The third kappa shape index (κ3) is 6.76. The number of terminal acetylenes is 1. The molecule has 0 bridgehead atoms. The van der Waals surface area contributed by atoms with Gasteiger partial charge in [-0.05, 0) is 35.9 Å². The van der Waals surface area contributed by atoms with Gasteiger partial charge < -0.3 is 19.4 Å². The molecule has 8 heteroatoms. The Balaban J connectivity index is 1.64. The number of oxime groups is 1. The van der Waals surface area contributed by atoms with Gasteiger partial charge in [0.05, 0.1) is 25.5 Å². The van der Waals surface area contributed by atoms with Crippen LogP contribution in [0.3, 0.4) is 0 Å². The molecule has 1 N–H and O–H groups in total. The maximum atomic E-state index is 14.2. The summed E-state index contributed by atoms with van der Waals surface area (Å²) in [6.45, 7) is 0.876. The molecule has 170 valence electrons. The highest BCUT2D eigenvalue weighted by atomic mass is 19.1. The number of nitrogens with zero attached hydrogens (tertiary/aromatic N) is 2. The van der Waals surface area contributed by atoms with E-state index in [0.717, 1.165) is 23.1 Å². The van der Waals surface area contributed by atoms with E-state index in [1.807, 2.05) is 29.2 Å². The van der Waals surface area contributed by atoms with Gasteiger partial charge in [0.25, 0.3) is 0 Å². The minimum absolute atomic E-state index is 0.0473. The van der Waals surface area contributed by atoms with E-state index in [1.165, 1.54) is 12.1 Å². The van der Waals surface area contributed by atoms with E-state index in [-0.39, 0.29) is 32.4 Å². The largest absolute Gasteiger partial charge is 0.497 e. The highest BCUT2D eigenvalue weighted by Gasteiger charge is 2.26. The Morgan fingerprint density at radius 2 is 2.06 bits per heavy atom. The number of methoxy groups -OCH3 is 1. The van der Waals surface area contributed by atoms with Crippen LogP contribution in [0.4, 0.5) is 8.78 Å². The lowest BCUT2D eigenvalue weighted by atomic mass is 10.0. The summed E-state index contributed by atoms with van der Waals surface area (Å²) in [6.07, 6.45) is 4.59. The number of ether oxygens (including phenoxy) is 2. The first-order valence-electron chi connectivity index (χ1n) is 10.2. The fourth-order valence-electron chi connectivity index (χ4n) is 3.47. The Hall–Kier alpha value is -2.99. The summed E-state index contributed by atoms with van der Waals surface area (Å²) in [4.78, 5) is 7.43. The molecule has 2 unspecified atom stereocenters. The third-order valence-electron chi connectivity index (χ3n) is 4.99. The second kappa shape index (κ2) is 11.6. The van der Waals surface area contributed by atoms with E-state index in [2.05, 4.69) is 11.1 Å². The van der Waals surface area contributed by atoms with Crippen molar-refractivity contribution in [2.24, 2.45) is 5.16 Å². The lowest BCUT2D eigenvalue weighted by Gasteiger charge is -2.27. The Kier molecular flexibility index (Phi) is 8.56. The second-order valence-corrected chi connectivity index (χ2v) is 7.50. The molecule has 0 fully saturated rings. The van der Waals surface area contributed by atoms with E-state index in [4.69, 9.17) is 20.7 Å². The van der Waals surface area contributed by atoms with Gasteiger partial charge in [-0.25, -0.2) is 8.78 Å². The van der Waals surface area contributed by atoms with Gasteiger partial charge in [0, 0.05) is 37.7 Å². The summed E-state index contributed by atoms with van der Waals surface area (Å²) in [5.41, 5.74) is 2.04. The Bertz CT molecular complexity index is 959. The molecular weight excluding hydrogens is 418 g/mol. The molecule has 0 aliphatic carbocycles. The molecule has 0 saturated heterocycles. The average Bonchev–Trinajstić information content (AvgIpc) is 3.24. The maximum Gasteiger partial charge on any atom is 0.145 e. The van der Waals surface area contributed by atoms with Gasteiger partial charge in [-0.2, -0.15) is 0 Å². The molecule has 2 aromatic carbocycles. The molecule has 32 heavy (non-hydrogen) atoms. The van der Waals surface area contributed by atoms with Gasteiger partial charge in [-0.3, -0.25) is 4.90 Å². The van der Waals surface area contributed by atoms with Gasteiger partial charge in [-0.15, -0.1) is 6.42 Å². The van der Waals surface area contributed by atoms with Crippen molar-refractivity contribution in [3.05, 3.63) is 65.2 Å². The number of rotatable bonds is 11. The molecule has 0 amide bonds. The first kappa shape index (κ1) is 23.7. The molecule has 0 spiro atoms. The zero-order valence-electron chi connectivity index (χ0n) is 17.8. The highest BCUT2D eigenvalue weighted by molar-refractivity contribution is 6.01. The van der Waals surface area contributed by atoms with Crippen LogP contribution in [0.25, 0.3) is 0 Å². The Labute approximate surface area is 186 Å². The van der Waals surface area contributed by atoms with Crippen molar-refractivity contribution in [1.82, 2.24) is 4.90 Å². The molecule has 3 rings (SSSR count). The van der Waals surface area contributed by atoms with E-state index < -0.39 is 17.7 Å². The number of aliphatic hydroxyl groups is 1. The minimum atomic E-state index is -0.838. The molecule has 1 aliphatic rings. The Morgan fingerprint density at radius 1 is 1.28 bits per heavy atom. The van der Waals surface area contributed by atoms with Crippen molar-refractivity contribution in [3.63, 3.8) is 0 Å². The van der Waals surface area contributed by atoms with Crippen LogP contribution in [0.5, 0.6) is 5.75 Å². The summed E-state index contributed by atoms with van der Waals surface area (Å²) in [5, 5.41) is 14.5. The lowest BCUT2D eigenvalue weighted by Crippen LogP contribution is -2.39. The van der Waals surface area contributed by atoms with Crippen LogP contribution in [-0.4, -0.2) is 61.3 Å². The minimum Gasteiger partial charge on any atom is -0.497 e. The van der Waals surface area contributed by atoms with E-state index in [9.17, 15) is 13.9 Å². The maximum absolute atomic E-state index is 14.2. The van der Waals surface area contributed by atoms with Gasteiger partial charge in [0.1, 0.15) is 30.1 Å². The van der Waals surface area contributed by atoms with Crippen LogP contribution >= 0.6 is 0 Å². The van der Waals surface area contributed by atoms with E-state index >= 15 is 0 Å². The summed E-state index contributed by atoms with van der Waals surface area (Å²) in [5.74, 6) is 1.80. The smallest absolute Gasteiger partial charge is 0.145 e. The van der Waals surface area contributed by atoms with Gasteiger partial charge in [-0.1, -0.05) is 17.1 Å². The van der Waals surface area contributed by atoms with Crippen molar-refractivity contribution >= 4 is 5.71 Å². The van der Waals surface area contributed by atoms with Crippen LogP contribution in [0, 0.1) is 24.0 Å². The van der Waals surface area contributed by atoms with Crippen molar-refractivity contribution in [3.8, 4) is 18.1 Å². The average molecular weight is 444 g/mol. The number of aliphatic hydroxyl groups excluding tert-OH is 1. The van der Waals surface area contributed by atoms with Crippen molar-refractivity contribution in [2.45, 2.75) is 25.2 Å². The number of halogens is 2. The topological polar surface area (TPSA) is 63.5 Å². The van der Waals surface area contributed by atoms with Crippen LogP contribution in [0.15, 0.2) is 47.6 Å². The molecule has 1 aliphatic heterocycles. The molecule has 6 nitrogen and oxygen atoms in total. The van der Waals surface area contributed by atoms with Gasteiger partial charge in [0.2, 0.25) is 0 Å². The molecule has 0 radical (unpaired) electrons. The van der Waals surface area contributed by atoms with Gasteiger partial charge >= 0.3 is 0 Å². The molecular formula is C24H26F2N2O4. The van der Waals surface area contributed by atoms with E-state index in [1.54, 1.807) is 7.11 Å². The summed E-state index contributed by atoms with van der Waals surface area (Å²) in [7, 11) is 1.60. The summed E-state index contributed by atoms with van der Waals surface area (Å²) in [6, 6.07) is 11.0. The Morgan fingerprint density at radius 3 is 2.75 bits per heavy atom. The molecule has 0 saturated carbocycles. The lowest BCUT2D eigenvalue weighted by molar-refractivity contribution is 0.00391. The number of hydrogen-bond donors (Lipinski definition) is 1. The highest BCUT2D eigenvalue weighted by Crippen LogP contribution is 2.21. The fraction of sp³-hybridized carbons (Fsp3) is 0.375. The third-order valence-corrected chi connectivity index (χ3v) is 4.99. The second-order valence-electron chi connectivity index (χ2n) is 7.50. The number of hydrogen-bond acceptors (Lipinski definition) is 6. The summed E-state index contributed by atoms with van der Waals surface area (Å²) >= 11 is 0. The fourth-order valence-corrected chi connectivity index (χ4v) is 3.47. The normalized spacial score (nSPS) is 16.4. The van der Waals surface area contributed by atoms with Crippen LogP contribution in [0.2, 0.25) is 0 Å². The van der Waals surface area contributed by atoms with Crippen LogP contribution < -0.4 is 4.74 Å². The van der Waals surface area contributed by atoms with Crippen molar-refractivity contribution in [2.75, 3.05) is 33.4 Å². The van der Waals surface area contributed by atoms with Crippen LogP contribution in [-0.2, 0) is 16.1 Å². The predicted octanol–water partition coefficient (Wildman–Crippen LogP) is 2.98. The molecule has 2 atom stereocenters.